The fourth-order valence-electron chi connectivity index (χ4n) is 4.59. The number of rotatable bonds is 11. The van der Waals surface area contributed by atoms with Crippen LogP contribution in [0.1, 0.15) is 54.7 Å². The fraction of sp³-hybridized carbons (Fsp3) is 0.464. The minimum Gasteiger partial charge on any atom is -0.385 e. The molecule has 33 heavy (non-hydrogen) atoms. The van der Waals surface area contributed by atoms with Crippen LogP contribution in [0.3, 0.4) is 0 Å². The Kier molecular flexibility index (Phi) is 9.52. The van der Waals surface area contributed by atoms with E-state index >= 15 is 0 Å². The molecule has 178 valence electrons. The zero-order chi connectivity index (χ0) is 23.6. The quantitative estimate of drug-likeness (QED) is 0.497. The maximum absolute atomic E-state index is 12.8. The summed E-state index contributed by atoms with van der Waals surface area (Å²) in [6.07, 6.45) is 3.09. The SMILES string of the molecule is C=CCN1CCN([C@H](c2ccc(C(=O)N(CC)CC)cc2)c2cccc(NCCC)c2)CC1. The summed E-state index contributed by atoms with van der Waals surface area (Å²) in [6.45, 7) is 17.6. The van der Waals surface area contributed by atoms with Crippen LogP contribution >= 0.6 is 0 Å². The van der Waals surface area contributed by atoms with Gasteiger partial charge in [-0.3, -0.25) is 14.6 Å². The smallest absolute Gasteiger partial charge is 0.253 e. The second-order valence-electron chi connectivity index (χ2n) is 8.68. The minimum atomic E-state index is 0.104. The molecule has 1 amide bonds. The first-order chi connectivity index (χ1) is 16.1. The highest BCUT2D eigenvalue weighted by molar-refractivity contribution is 5.94. The van der Waals surface area contributed by atoms with Crippen molar-refractivity contribution in [1.82, 2.24) is 14.7 Å². The summed E-state index contributed by atoms with van der Waals surface area (Å²) < 4.78 is 0. The Hall–Kier alpha value is -2.63. The maximum atomic E-state index is 12.8. The largest absolute Gasteiger partial charge is 0.385 e. The highest BCUT2D eigenvalue weighted by atomic mass is 16.2. The minimum absolute atomic E-state index is 0.104. The third-order valence-corrected chi connectivity index (χ3v) is 6.46. The number of carbonyl (C=O) groups excluding carboxylic acids is 1. The van der Waals surface area contributed by atoms with Gasteiger partial charge in [-0.25, -0.2) is 0 Å². The summed E-state index contributed by atoms with van der Waals surface area (Å²) in [5, 5.41) is 3.53. The number of benzene rings is 2. The number of hydrogen-bond acceptors (Lipinski definition) is 4. The van der Waals surface area contributed by atoms with Crippen LogP contribution in [-0.2, 0) is 0 Å². The van der Waals surface area contributed by atoms with Gasteiger partial charge in [0.2, 0.25) is 0 Å². The van der Waals surface area contributed by atoms with Crippen molar-refractivity contribution in [3.05, 3.63) is 77.9 Å². The summed E-state index contributed by atoms with van der Waals surface area (Å²) in [5.74, 6) is 0.104. The van der Waals surface area contributed by atoms with Crippen LogP contribution in [0.5, 0.6) is 0 Å². The van der Waals surface area contributed by atoms with Gasteiger partial charge < -0.3 is 10.2 Å². The van der Waals surface area contributed by atoms with E-state index in [9.17, 15) is 4.79 Å². The van der Waals surface area contributed by atoms with Gasteiger partial charge in [-0.1, -0.05) is 37.3 Å². The number of amides is 1. The highest BCUT2D eigenvalue weighted by Crippen LogP contribution is 2.31. The van der Waals surface area contributed by atoms with Gasteiger partial charge >= 0.3 is 0 Å². The molecule has 0 unspecified atom stereocenters. The maximum Gasteiger partial charge on any atom is 0.253 e. The van der Waals surface area contributed by atoms with Crippen molar-refractivity contribution < 1.29 is 4.79 Å². The van der Waals surface area contributed by atoms with Gasteiger partial charge in [0.1, 0.15) is 0 Å². The van der Waals surface area contributed by atoms with Crippen molar-refractivity contribution in [2.75, 3.05) is 57.7 Å². The standard InChI is InChI=1S/C28H40N4O/c1-5-16-29-26-11-9-10-25(22-26)27(32-20-18-30(17-6-2)19-21-32)23-12-14-24(15-13-23)28(33)31(7-3)8-4/h6,9-15,22,27,29H,2,5,7-8,16-21H2,1,3-4H3/t27-/m1/s1. The molecule has 2 aromatic rings. The van der Waals surface area contributed by atoms with Crippen molar-refractivity contribution in [2.45, 2.75) is 33.2 Å². The van der Waals surface area contributed by atoms with Gasteiger partial charge in [-0.2, -0.15) is 0 Å². The molecule has 0 aromatic heterocycles. The van der Waals surface area contributed by atoms with Gasteiger partial charge in [0, 0.05) is 63.6 Å². The van der Waals surface area contributed by atoms with E-state index in [2.05, 4.69) is 65.0 Å². The van der Waals surface area contributed by atoms with Gasteiger partial charge in [0.25, 0.3) is 5.91 Å². The lowest BCUT2D eigenvalue weighted by Crippen LogP contribution is -2.47. The normalized spacial score (nSPS) is 15.7. The first-order valence-corrected chi connectivity index (χ1v) is 12.4. The van der Waals surface area contributed by atoms with Crippen LogP contribution in [0.25, 0.3) is 0 Å². The van der Waals surface area contributed by atoms with E-state index < -0.39 is 0 Å². The summed E-state index contributed by atoms with van der Waals surface area (Å²) in [5.41, 5.74) is 4.44. The number of carbonyl (C=O) groups is 1. The van der Waals surface area contributed by atoms with Crippen LogP contribution in [0, 0.1) is 0 Å². The van der Waals surface area contributed by atoms with Crippen LogP contribution < -0.4 is 5.32 Å². The van der Waals surface area contributed by atoms with Crippen molar-refractivity contribution in [2.24, 2.45) is 0 Å². The van der Waals surface area contributed by atoms with Crippen LogP contribution in [0.15, 0.2) is 61.2 Å². The Morgan fingerprint density at radius 3 is 2.33 bits per heavy atom. The third kappa shape index (κ3) is 6.46. The zero-order valence-corrected chi connectivity index (χ0v) is 20.6. The van der Waals surface area contributed by atoms with Gasteiger partial charge in [-0.05, 0) is 55.7 Å². The number of piperazine rings is 1. The van der Waals surface area contributed by atoms with E-state index in [1.807, 2.05) is 37.0 Å². The lowest BCUT2D eigenvalue weighted by atomic mass is 9.94. The topological polar surface area (TPSA) is 38.8 Å². The van der Waals surface area contributed by atoms with E-state index in [0.717, 1.165) is 70.0 Å². The molecule has 1 fully saturated rings. The number of hydrogen-bond donors (Lipinski definition) is 1. The molecule has 1 aliphatic heterocycles. The Labute approximate surface area is 200 Å². The third-order valence-electron chi connectivity index (χ3n) is 6.46. The van der Waals surface area contributed by atoms with Gasteiger partial charge in [-0.15, -0.1) is 6.58 Å². The average Bonchev–Trinajstić information content (AvgIpc) is 2.85. The lowest BCUT2D eigenvalue weighted by molar-refractivity contribution is 0.0773. The molecule has 5 heteroatoms. The number of nitrogens with zero attached hydrogens (tertiary/aromatic N) is 3. The Morgan fingerprint density at radius 1 is 1.03 bits per heavy atom. The molecule has 0 aliphatic carbocycles. The van der Waals surface area contributed by atoms with E-state index in [1.165, 1.54) is 11.1 Å². The Balaban J connectivity index is 1.89. The Morgan fingerprint density at radius 2 is 1.73 bits per heavy atom. The van der Waals surface area contributed by atoms with Crippen molar-refractivity contribution in [3.8, 4) is 0 Å². The van der Waals surface area contributed by atoms with E-state index in [0.29, 0.717) is 0 Å². The van der Waals surface area contributed by atoms with E-state index in [1.54, 1.807) is 0 Å². The molecule has 1 atom stereocenters. The first kappa shape index (κ1) is 25.0. The van der Waals surface area contributed by atoms with Crippen molar-refractivity contribution in [1.29, 1.82) is 0 Å². The fourth-order valence-corrected chi connectivity index (χ4v) is 4.59. The number of nitrogens with one attached hydrogen (secondary N) is 1. The van der Waals surface area contributed by atoms with Gasteiger partial charge in [0.15, 0.2) is 0 Å². The molecule has 1 N–H and O–H groups in total. The molecule has 1 heterocycles. The predicted octanol–water partition coefficient (Wildman–Crippen LogP) is 4.88. The molecule has 5 nitrogen and oxygen atoms in total. The second kappa shape index (κ2) is 12.6. The first-order valence-electron chi connectivity index (χ1n) is 12.4. The van der Waals surface area contributed by atoms with Crippen LogP contribution in [0.4, 0.5) is 5.69 Å². The van der Waals surface area contributed by atoms with E-state index in [-0.39, 0.29) is 11.9 Å². The van der Waals surface area contributed by atoms with Gasteiger partial charge in [0.05, 0.1) is 6.04 Å². The lowest BCUT2D eigenvalue weighted by Gasteiger charge is -2.39. The van der Waals surface area contributed by atoms with Crippen LogP contribution in [0.2, 0.25) is 0 Å². The summed E-state index contributed by atoms with van der Waals surface area (Å²) in [4.78, 5) is 19.7. The molecular formula is C28H40N4O. The van der Waals surface area contributed by atoms with Crippen molar-refractivity contribution >= 4 is 11.6 Å². The molecule has 0 spiro atoms. The summed E-state index contributed by atoms with van der Waals surface area (Å²) in [6, 6.07) is 17.2. The molecule has 0 radical (unpaired) electrons. The molecule has 0 bridgehead atoms. The summed E-state index contributed by atoms with van der Waals surface area (Å²) >= 11 is 0. The zero-order valence-electron chi connectivity index (χ0n) is 20.6. The van der Waals surface area contributed by atoms with Crippen LogP contribution in [-0.4, -0.2) is 73.0 Å². The molecule has 1 aliphatic rings. The average molecular weight is 449 g/mol. The molecule has 0 saturated carbocycles. The molecule has 3 rings (SSSR count). The van der Waals surface area contributed by atoms with Crippen molar-refractivity contribution in [3.63, 3.8) is 0 Å². The monoisotopic (exact) mass is 448 g/mol. The predicted molar refractivity (Wildman–Crippen MR) is 139 cm³/mol. The summed E-state index contributed by atoms with van der Waals surface area (Å²) in [7, 11) is 0. The van der Waals surface area contributed by atoms with E-state index in [4.69, 9.17) is 0 Å². The highest BCUT2D eigenvalue weighted by Gasteiger charge is 2.26. The molecular weight excluding hydrogens is 408 g/mol. The second-order valence-corrected chi connectivity index (χ2v) is 8.68. The molecule has 1 saturated heterocycles. The number of anilines is 1. The molecule has 2 aromatic carbocycles. The Bertz CT molecular complexity index is 883.